The van der Waals surface area contributed by atoms with Crippen molar-refractivity contribution in [3.05, 3.63) is 65.4 Å². The molecule has 0 radical (unpaired) electrons. The molecule has 0 unspecified atom stereocenters. The molecule has 3 nitrogen and oxygen atoms in total. The standard InChI is InChI=1S/C17H14FN3/c1-13-12-17-19-15(10-11-21(17)20-13)8-4-2-6-14-7-3-5-9-16(14)18/h3,5,7,9-12H,4,8H2,1H3. The van der Waals surface area contributed by atoms with Crippen molar-refractivity contribution in [1.82, 2.24) is 14.6 Å². The Balaban J connectivity index is 1.68. The number of hydrogen-bond acceptors (Lipinski definition) is 2. The van der Waals surface area contributed by atoms with Gasteiger partial charge in [0.1, 0.15) is 5.82 Å². The van der Waals surface area contributed by atoms with Crippen molar-refractivity contribution in [3.8, 4) is 11.8 Å². The van der Waals surface area contributed by atoms with E-state index in [2.05, 4.69) is 21.9 Å². The maximum atomic E-state index is 13.4. The first kappa shape index (κ1) is 13.3. The first-order valence-corrected chi connectivity index (χ1v) is 6.78. The lowest BCUT2D eigenvalue weighted by atomic mass is 10.2. The lowest BCUT2D eigenvalue weighted by molar-refractivity contribution is 0.624. The maximum Gasteiger partial charge on any atom is 0.155 e. The Morgan fingerprint density at radius 3 is 2.95 bits per heavy atom. The Labute approximate surface area is 122 Å². The number of benzene rings is 1. The predicted octanol–water partition coefficient (Wildman–Crippen LogP) is 3.16. The van der Waals surface area contributed by atoms with Crippen LogP contribution < -0.4 is 0 Å². The number of aryl methyl sites for hydroxylation is 2. The van der Waals surface area contributed by atoms with Crippen LogP contribution in [0.3, 0.4) is 0 Å². The molecular weight excluding hydrogens is 265 g/mol. The zero-order valence-corrected chi connectivity index (χ0v) is 11.7. The van der Waals surface area contributed by atoms with E-state index in [1.165, 1.54) is 6.07 Å². The van der Waals surface area contributed by atoms with Crippen molar-refractivity contribution >= 4 is 5.65 Å². The molecule has 0 atom stereocenters. The van der Waals surface area contributed by atoms with Crippen LogP contribution in [0.15, 0.2) is 42.6 Å². The molecule has 3 rings (SSSR count). The van der Waals surface area contributed by atoms with E-state index in [0.29, 0.717) is 12.0 Å². The highest BCUT2D eigenvalue weighted by Gasteiger charge is 2.00. The van der Waals surface area contributed by atoms with Crippen LogP contribution in [0.2, 0.25) is 0 Å². The molecule has 2 heterocycles. The van der Waals surface area contributed by atoms with Crippen LogP contribution in [0.4, 0.5) is 4.39 Å². The van der Waals surface area contributed by atoms with Crippen LogP contribution in [0.1, 0.15) is 23.4 Å². The highest BCUT2D eigenvalue weighted by molar-refractivity contribution is 5.39. The molecule has 0 saturated carbocycles. The fourth-order valence-electron chi connectivity index (χ4n) is 2.09. The average Bonchev–Trinajstić information content (AvgIpc) is 2.84. The van der Waals surface area contributed by atoms with Crippen LogP contribution in [-0.4, -0.2) is 14.6 Å². The van der Waals surface area contributed by atoms with E-state index in [1.807, 2.05) is 25.3 Å². The molecular formula is C17H14FN3. The van der Waals surface area contributed by atoms with Crippen LogP contribution in [0, 0.1) is 24.6 Å². The second kappa shape index (κ2) is 5.76. The minimum absolute atomic E-state index is 0.278. The van der Waals surface area contributed by atoms with E-state index in [4.69, 9.17) is 0 Å². The zero-order valence-electron chi connectivity index (χ0n) is 11.7. The summed E-state index contributed by atoms with van der Waals surface area (Å²) in [4.78, 5) is 4.52. The summed E-state index contributed by atoms with van der Waals surface area (Å²) in [7, 11) is 0. The Morgan fingerprint density at radius 1 is 1.24 bits per heavy atom. The van der Waals surface area contributed by atoms with E-state index < -0.39 is 0 Å². The number of rotatable bonds is 2. The summed E-state index contributed by atoms with van der Waals surface area (Å²) in [6.45, 7) is 1.94. The highest BCUT2D eigenvalue weighted by atomic mass is 19.1. The number of halogens is 1. The molecule has 2 aromatic heterocycles. The predicted molar refractivity (Wildman–Crippen MR) is 79.3 cm³/mol. The van der Waals surface area contributed by atoms with E-state index in [9.17, 15) is 4.39 Å². The van der Waals surface area contributed by atoms with E-state index in [0.717, 1.165) is 23.5 Å². The van der Waals surface area contributed by atoms with Crippen LogP contribution in [0.5, 0.6) is 0 Å². The molecule has 21 heavy (non-hydrogen) atoms. The Hall–Kier alpha value is -2.67. The van der Waals surface area contributed by atoms with Gasteiger partial charge in [-0.3, -0.25) is 0 Å². The second-order valence-corrected chi connectivity index (χ2v) is 4.79. The zero-order chi connectivity index (χ0) is 14.7. The van der Waals surface area contributed by atoms with E-state index in [1.54, 1.807) is 22.7 Å². The minimum Gasteiger partial charge on any atom is -0.234 e. The van der Waals surface area contributed by atoms with Gasteiger partial charge in [-0.2, -0.15) is 5.10 Å². The largest absolute Gasteiger partial charge is 0.234 e. The number of hydrogen-bond donors (Lipinski definition) is 0. The van der Waals surface area contributed by atoms with Crippen LogP contribution in [-0.2, 0) is 6.42 Å². The lowest BCUT2D eigenvalue weighted by Crippen LogP contribution is -1.95. The first-order chi connectivity index (χ1) is 10.2. The van der Waals surface area contributed by atoms with Gasteiger partial charge in [0.05, 0.1) is 11.3 Å². The van der Waals surface area contributed by atoms with Gasteiger partial charge in [-0.15, -0.1) is 0 Å². The van der Waals surface area contributed by atoms with Crippen molar-refractivity contribution in [2.75, 3.05) is 0 Å². The van der Waals surface area contributed by atoms with Crippen molar-refractivity contribution < 1.29 is 4.39 Å². The van der Waals surface area contributed by atoms with Gasteiger partial charge in [0.15, 0.2) is 5.65 Å². The third kappa shape index (κ3) is 3.09. The summed E-state index contributed by atoms with van der Waals surface area (Å²) in [5.74, 6) is 5.57. The summed E-state index contributed by atoms with van der Waals surface area (Å²) < 4.78 is 15.1. The fourth-order valence-corrected chi connectivity index (χ4v) is 2.09. The van der Waals surface area contributed by atoms with Gasteiger partial charge in [-0.1, -0.05) is 24.0 Å². The molecule has 4 heteroatoms. The molecule has 0 bridgehead atoms. The third-order valence-electron chi connectivity index (χ3n) is 3.11. The second-order valence-electron chi connectivity index (χ2n) is 4.79. The molecule has 104 valence electrons. The van der Waals surface area contributed by atoms with Crippen LogP contribution >= 0.6 is 0 Å². The van der Waals surface area contributed by atoms with Gasteiger partial charge in [0.25, 0.3) is 0 Å². The van der Waals surface area contributed by atoms with Gasteiger partial charge in [-0.25, -0.2) is 13.9 Å². The number of nitrogens with zero attached hydrogens (tertiary/aromatic N) is 3. The van der Waals surface area contributed by atoms with Gasteiger partial charge in [0, 0.05) is 30.8 Å². The summed E-state index contributed by atoms with van der Waals surface area (Å²) in [6, 6.07) is 10.4. The van der Waals surface area contributed by atoms with Crippen LogP contribution in [0.25, 0.3) is 5.65 Å². The Bertz CT molecular complexity index is 840. The minimum atomic E-state index is -0.278. The first-order valence-electron chi connectivity index (χ1n) is 6.78. The highest BCUT2D eigenvalue weighted by Crippen LogP contribution is 2.07. The summed E-state index contributed by atoms with van der Waals surface area (Å²) in [5, 5.41) is 4.28. The quantitative estimate of drug-likeness (QED) is 0.674. The van der Waals surface area contributed by atoms with E-state index in [-0.39, 0.29) is 5.82 Å². The lowest BCUT2D eigenvalue weighted by Gasteiger charge is -1.97. The molecule has 0 aliphatic carbocycles. The molecule has 0 N–H and O–H groups in total. The molecule has 3 aromatic rings. The molecule has 0 spiro atoms. The van der Waals surface area contributed by atoms with Crippen molar-refractivity contribution in [2.45, 2.75) is 19.8 Å². The van der Waals surface area contributed by atoms with Crippen molar-refractivity contribution in [2.24, 2.45) is 0 Å². The molecule has 0 fully saturated rings. The third-order valence-corrected chi connectivity index (χ3v) is 3.11. The molecule has 0 saturated heterocycles. The SMILES string of the molecule is Cc1cc2nc(CCC#Cc3ccccc3F)ccn2n1. The monoisotopic (exact) mass is 279 g/mol. The summed E-state index contributed by atoms with van der Waals surface area (Å²) in [6.07, 6.45) is 3.28. The van der Waals surface area contributed by atoms with Gasteiger partial charge < -0.3 is 0 Å². The summed E-state index contributed by atoms with van der Waals surface area (Å²) in [5.41, 5.74) is 3.18. The van der Waals surface area contributed by atoms with Gasteiger partial charge >= 0.3 is 0 Å². The van der Waals surface area contributed by atoms with E-state index >= 15 is 0 Å². The summed E-state index contributed by atoms with van der Waals surface area (Å²) >= 11 is 0. The molecule has 0 aliphatic rings. The number of aromatic nitrogens is 3. The van der Waals surface area contributed by atoms with Gasteiger partial charge in [-0.05, 0) is 25.1 Å². The Morgan fingerprint density at radius 2 is 2.10 bits per heavy atom. The van der Waals surface area contributed by atoms with Crippen molar-refractivity contribution in [3.63, 3.8) is 0 Å². The number of fused-ring (bicyclic) bond motifs is 1. The average molecular weight is 279 g/mol. The molecule has 1 aromatic carbocycles. The normalized spacial score (nSPS) is 10.4. The van der Waals surface area contributed by atoms with Gasteiger partial charge in [0.2, 0.25) is 0 Å². The molecule has 0 amide bonds. The van der Waals surface area contributed by atoms with Crippen molar-refractivity contribution in [1.29, 1.82) is 0 Å². The topological polar surface area (TPSA) is 30.2 Å². The smallest absolute Gasteiger partial charge is 0.155 e. The molecule has 0 aliphatic heterocycles. The maximum absolute atomic E-state index is 13.4. The fraction of sp³-hybridized carbons (Fsp3) is 0.176. The Kier molecular flexibility index (Phi) is 3.65.